The Morgan fingerprint density at radius 2 is 1.68 bits per heavy atom. The minimum absolute atomic E-state index is 0.596. The fourth-order valence-corrected chi connectivity index (χ4v) is 2.22. The van der Waals surface area contributed by atoms with Gasteiger partial charge in [0.15, 0.2) is 0 Å². The predicted octanol–water partition coefficient (Wildman–Crippen LogP) is 3.70. The van der Waals surface area contributed by atoms with Gasteiger partial charge in [-0.3, -0.25) is 0 Å². The molecule has 0 spiro atoms. The van der Waals surface area contributed by atoms with Crippen molar-refractivity contribution >= 4 is 0 Å². The summed E-state index contributed by atoms with van der Waals surface area (Å²) in [6.45, 7) is 7.83. The van der Waals surface area contributed by atoms with Crippen LogP contribution in [0.1, 0.15) is 23.6 Å². The highest BCUT2D eigenvalue weighted by Crippen LogP contribution is 2.12. The van der Waals surface area contributed by atoms with E-state index in [1.807, 2.05) is 19.1 Å². The molecule has 0 aromatic heterocycles. The molecule has 3 heteroatoms. The largest absolute Gasteiger partial charge is 0.491 e. The van der Waals surface area contributed by atoms with Crippen LogP contribution in [0.5, 0.6) is 5.75 Å². The molecule has 0 fully saturated rings. The van der Waals surface area contributed by atoms with E-state index in [-0.39, 0.29) is 0 Å². The van der Waals surface area contributed by atoms with Crippen molar-refractivity contribution in [2.24, 2.45) is 0 Å². The highest BCUT2D eigenvalue weighted by molar-refractivity contribution is 5.28. The lowest BCUT2D eigenvalue weighted by Crippen LogP contribution is -2.13. The van der Waals surface area contributed by atoms with Crippen LogP contribution < -0.4 is 10.1 Å². The van der Waals surface area contributed by atoms with Gasteiger partial charge in [-0.15, -0.1) is 0 Å². The number of aryl methyl sites for hydroxylation is 1. The molecular weight excluding hydrogens is 274 g/mol. The van der Waals surface area contributed by atoms with Crippen LogP contribution in [-0.2, 0) is 17.8 Å². The number of hydrogen-bond donors (Lipinski definition) is 1. The Morgan fingerprint density at radius 3 is 2.41 bits per heavy atom. The van der Waals surface area contributed by atoms with Gasteiger partial charge in [0, 0.05) is 19.7 Å². The van der Waals surface area contributed by atoms with Crippen molar-refractivity contribution in [1.82, 2.24) is 5.32 Å². The zero-order valence-electron chi connectivity index (χ0n) is 13.5. The summed E-state index contributed by atoms with van der Waals surface area (Å²) in [5.41, 5.74) is 3.93. The van der Waals surface area contributed by atoms with E-state index in [1.165, 1.54) is 16.7 Å². The summed E-state index contributed by atoms with van der Waals surface area (Å²) in [6.07, 6.45) is 0. The van der Waals surface area contributed by atoms with Crippen LogP contribution in [0.3, 0.4) is 0 Å². The first-order chi connectivity index (χ1) is 10.8. The first-order valence-corrected chi connectivity index (χ1v) is 7.84. The van der Waals surface area contributed by atoms with E-state index in [0.717, 1.165) is 25.4 Å². The summed E-state index contributed by atoms with van der Waals surface area (Å²) >= 11 is 0. The summed E-state index contributed by atoms with van der Waals surface area (Å²) in [4.78, 5) is 0. The van der Waals surface area contributed by atoms with Crippen LogP contribution in [0.2, 0.25) is 0 Å². The van der Waals surface area contributed by atoms with Crippen LogP contribution in [0, 0.1) is 6.92 Å². The summed E-state index contributed by atoms with van der Waals surface area (Å²) in [6, 6.07) is 16.7. The molecule has 1 N–H and O–H groups in total. The minimum Gasteiger partial charge on any atom is -0.491 e. The molecule has 2 aromatic rings. The second kappa shape index (κ2) is 9.23. The molecule has 2 aromatic carbocycles. The molecule has 0 amide bonds. The summed E-state index contributed by atoms with van der Waals surface area (Å²) in [7, 11) is 0. The van der Waals surface area contributed by atoms with Gasteiger partial charge in [0.25, 0.3) is 0 Å². The van der Waals surface area contributed by atoms with Crippen molar-refractivity contribution in [3.8, 4) is 5.75 Å². The van der Waals surface area contributed by atoms with E-state index in [4.69, 9.17) is 9.47 Å². The lowest BCUT2D eigenvalue weighted by Gasteiger charge is -2.09. The molecule has 0 unspecified atom stereocenters. The van der Waals surface area contributed by atoms with Crippen LogP contribution in [0.25, 0.3) is 0 Å². The smallest absolute Gasteiger partial charge is 0.119 e. The average molecular weight is 299 g/mol. The topological polar surface area (TPSA) is 30.5 Å². The van der Waals surface area contributed by atoms with Gasteiger partial charge in [0.05, 0.1) is 6.61 Å². The molecule has 0 aliphatic heterocycles. The zero-order chi connectivity index (χ0) is 15.6. The van der Waals surface area contributed by atoms with Crippen LogP contribution in [-0.4, -0.2) is 19.8 Å². The molecule has 0 aliphatic rings. The van der Waals surface area contributed by atoms with Crippen LogP contribution in [0.15, 0.2) is 48.5 Å². The Morgan fingerprint density at radius 1 is 0.909 bits per heavy atom. The van der Waals surface area contributed by atoms with Crippen molar-refractivity contribution < 1.29 is 9.47 Å². The molecule has 0 atom stereocenters. The average Bonchev–Trinajstić information content (AvgIpc) is 2.55. The normalized spacial score (nSPS) is 10.6. The maximum absolute atomic E-state index is 5.61. The summed E-state index contributed by atoms with van der Waals surface area (Å²) in [5, 5.41) is 3.48. The van der Waals surface area contributed by atoms with Crippen molar-refractivity contribution in [2.45, 2.75) is 26.9 Å². The predicted molar refractivity (Wildman–Crippen MR) is 90.2 cm³/mol. The lowest BCUT2D eigenvalue weighted by molar-refractivity contribution is 0.110. The third-order valence-corrected chi connectivity index (χ3v) is 3.53. The number of hydrogen-bond acceptors (Lipinski definition) is 3. The van der Waals surface area contributed by atoms with Gasteiger partial charge < -0.3 is 14.8 Å². The van der Waals surface area contributed by atoms with Gasteiger partial charge >= 0.3 is 0 Å². The zero-order valence-corrected chi connectivity index (χ0v) is 13.5. The Hall–Kier alpha value is -1.84. The third-order valence-electron chi connectivity index (χ3n) is 3.53. The first kappa shape index (κ1) is 16.5. The van der Waals surface area contributed by atoms with Crippen LogP contribution >= 0.6 is 0 Å². The maximum Gasteiger partial charge on any atom is 0.119 e. The first-order valence-electron chi connectivity index (χ1n) is 7.84. The standard InChI is InChI=1S/C19H25NO2/c1-3-21-12-13-22-19-10-8-17(9-11-19)14-20-15-18-7-5-4-6-16(18)2/h4-11,20H,3,12-15H2,1-2H3. The fourth-order valence-electron chi connectivity index (χ4n) is 2.22. The molecule has 0 bridgehead atoms. The van der Waals surface area contributed by atoms with E-state index in [1.54, 1.807) is 0 Å². The van der Waals surface area contributed by atoms with E-state index in [9.17, 15) is 0 Å². The van der Waals surface area contributed by atoms with Gasteiger partial charge in [-0.25, -0.2) is 0 Å². The van der Waals surface area contributed by atoms with E-state index in [0.29, 0.717) is 13.2 Å². The monoisotopic (exact) mass is 299 g/mol. The van der Waals surface area contributed by atoms with Gasteiger partial charge in [-0.2, -0.15) is 0 Å². The molecule has 0 heterocycles. The van der Waals surface area contributed by atoms with Gasteiger partial charge in [0.1, 0.15) is 12.4 Å². The van der Waals surface area contributed by atoms with Crippen molar-refractivity contribution in [3.05, 3.63) is 65.2 Å². The molecule has 0 saturated carbocycles. The fraction of sp³-hybridized carbons (Fsp3) is 0.368. The minimum atomic E-state index is 0.596. The van der Waals surface area contributed by atoms with E-state index in [2.05, 4.69) is 48.6 Å². The lowest BCUT2D eigenvalue weighted by atomic mass is 10.1. The molecule has 0 saturated heterocycles. The SMILES string of the molecule is CCOCCOc1ccc(CNCc2ccccc2C)cc1. The number of rotatable bonds is 9. The van der Waals surface area contributed by atoms with Gasteiger partial charge in [0.2, 0.25) is 0 Å². The van der Waals surface area contributed by atoms with Crippen LogP contribution in [0.4, 0.5) is 0 Å². The molecular formula is C19H25NO2. The molecule has 0 radical (unpaired) electrons. The van der Waals surface area contributed by atoms with E-state index >= 15 is 0 Å². The Bertz CT molecular complexity index is 552. The van der Waals surface area contributed by atoms with Gasteiger partial charge in [-0.05, 0) is 42.7 Å². The van der Waals surface area contributed by atoms with Crippen molar-refractivity contribution in [2.75, 3.05) is 19.8 Å². The maximum atomic E-state index is 5.61. The Kier molecular flexibility index (Phi) is 6.94. The number of ether oxygens (including phenoxy) is 2. The molecule has 22 heavy (non-hydrogen) atoms. The number of benzene rings is 2. The quantitative estimate of drug-likeness (QED) is 0.716. The Labute approximate surface area is 133 Å². The second-order valence-corrected chi connectivity index (χ2v) is 5.22. The highest BCUT2D eigenvalue weighted by atomic mass is 16.5. The third kappa shape index (κ3) is 5.51. The van der Waals surface area contributed by atoms with Gasteiger partial charge in [-0.1, -0.05) is 36.4 Å². The molecule has 118 valence electrons. The highest BCUT2D eigenvalue weighted by Gasteiger charge is 1.98. The van der Waals surface area contributed by atoms with Crippen molar-refractivity contribution in [3.63, 3.8) is 0 Å². The molecule has 0 aliphatic carbocycles. The molecule has 3 nitrogen and oxygen atoms in total. The van der Waals surface area contributed by atoms with Crippen molar-refractivity contribution in [1.29, 1.82) is 0 Å². The second-order valence-electron chi connectivity index (χ2n) is 5.22. The Balaban J connectivity index is 1.73. The number of nitrogens with one attached hydrogen (secondary N) is 1. The molecule has 2 rings (SSSR count). The summed E-state index contributed by atoms with van der Waals surface area (Å²) < 4.78 is 10.9. The van der Waals surface area contributed by atoms with E-state index < -0.39 is 0 Å². The summed E-state index contributed by atoms with van der Waals surface area (Å²) in [5.74, 6) is 0.891.